The van der Waals surface area contributed by atoms with Crippen LogP contribution in [-0.4, -0.2) is 43.4 Å². The van der Waals surface area contributed by atoms with E-state index in [9.17, 15) is 13.2 Å². The molecule has 0 fully saturated rings. The van der Waals surface area contributed by atoms with Crippen LogP contribution in [0, 0.1) is 0 Å². The average molecular weight is 220 g/mol. The number of rotatable bonds is 6. The number of hydrogen-bond donors (Lipinski definition) is 0. The van der Waals surface area contributed by atoms with Gasteiger partial charge in [0.15, 0.2) is 0 Å². The summed E-state index contributed by atoms with van der Waals surface area (Å²) in [5.74, 6) is 0.417. The van der Waals surface area contributed by atoms with Gasteiger partial charge in [-0.3, -0.25) is 4.74 Å². The van der Waals surface area contributed by atoms with E-state index in [4.69, 9.17) is 11.6 Å². The molecule has 0 heterocycles. The monoisotopic (exact) mass is 219 g/mol. The van der Waals surface area contributed by atoms with Gasteiger partial charge in [-0.25, -0.2) is 0 Å². The summed E-state index contributed by atoms with van der Waals surface area (Å²) in [6.45, 7) is 3.03. The normalized spacial score (nSPS) is 12.5. The Labute approximate surface area is 80.6 Å². The Hall–Kier alpha value is -0.0000000000000000555. The second-order valence-electron chi connectivity index (χ2n) is 2.42. The largest absolute Gasteiger partial charge is 0.522 e. The fourth-order valence-electron chi connectivity index (χ4n) is 0.838. The van der Waals surface area contributed by atoms with Crippen molar-refractivity contribution < 1.29 is 17.9 Å². The standard InChI is InChI=1S/C7H13ClF3NO/c1-2-12(4-3-8)5-6-13-7(9,10)11/h2-6H2,1H3. The molecule has 2 nitrogen and oxygen atoms in total. The Kier molecular flexibility index (Phi) is 6.45. The molecule has 13 heavy (non-hydrogen) atoms. The minimum atomic E-state index is -4.53. The van der Waals surface area contributed by atoms with Gasteiger partial charge in [0.1, 0.15) is 0 Å². The van der Waals surface area contributed by atoms with Crippen molar-refractivity contribution in [3.8, 4) is 0 Å². The van der Waals surface area contributed by atoms with Gasteiger partial charge < -0.3 is 4.90 Å². The molecule has 0 saturated carbocycles. The molecule has 0 aromatic carbocycles. The third-order valence-electron chi connectivity index (χ3n) is 1.52. The summed E-state index contributed by atoms with van der Waals surface area (Å²) in [5, 5.41) is 0. The van der Waals surface area contributed by atoms with Gasteiger partial charge in [0.2, 0.25) is 0 Å². The summed E-state index contributed by atoms with van der Waals surface area (Å²) in [4.78, 5) is 1.79. The second kappa shape index (κ2) is 6.45. The zero-order chi connectivity index (χ0) is 10.3. The first-order chi connectivity index (χ1) is 5.99. The van der Waals surface area contributed by atoms with Crippen LogP contribution in [0.3, 0.4) is 0 Å². The molecule has 80 valence electrons. The number of ether oxygens (including phenoxy) is 1. The van der Waals surface area contributed by atoms with E-state index in [1.165, 1.54) is 0 Å². The van der Waals surface area contributed by atoms with Gasteiger partial charge >= 0.3 is 6.36 Å². The third-order valence-corrected chi connectivity index (χ3v) is 1.69. The van der Waals surface area contributed by atoms with Crippen LogP contribution in [0.15, 0.2) is 0 Å². The van der Waals surface area contributed by atoms with Crippen molar-refractivity contribution in [3.05, 3.63) is 0 Å². The van der Waals surface area contributed by atoms with Crippen molar-refractivity contribution in [1.29, 1.82) is 0 Å². The maximum Gasteiger partial charge on any atom is 0.522 e. The quantitative estimate of drug-likeness (QED) is 0.635. The zero-order valence-electron chi connectivity index (χ0n) is 7.40. The molecule has 0 aromatic rings. The van der Waals surface area contributed by atoms with E-state index < -0.39 is 6.36 Å². The van der Waals surface area contributed by atoms with Crippen LogP contribution in [0.5, 0.6) is 0 Å². The SMILES string of the molecule is CCN(CCCl)CCOC(F)(F)F. The molecule has 0 aliphatic rings. The van der Waals surface area contributed by atoms with Crippen LogP contribution < -0.4 is 0 Å². The van der Waals surface area contributed by atoms with Gasteiger partial charge in [-0.05, 0) is 6.54 Å². The average Bonchev–Trinajstić information content (AvgIpc) is 2.01. The van der Waals surface area contributed by atoms with Crippen molar-refractivity contribution in [1.82, 2.24) is 4.90 Å². The lowest BCUT2D eigenvalue weighted by Gasteiger charge is -2.18. The molecule has 0 N–H and O–H groups in total. The van der Waals surface area contributed by atoms with Gasteiger partial charge in [-0.1, -0.05) is 6.92 Å². The van der Waals surface area contributed by atoms with E-state index >= 15 is 0 Å². The molecule has 0 bridgehead atoms. The summed E-state index contributed by atoms with van der Waals surface area (Å²) in [6.07, 6.45) is -4.53. The Morgan fingerprint density at radius 1 is 1.31 bits per heavy atom. The summed E-state index contributed by atoms with van der Waals surface area (Å²) < 4.78 is 38.2. The Morgan fingerprint density at radius 2 is 1.92 bits per heavy atom. The molecule has 6 heteroatoms. The molecule has 0 aliphatic heterocycles. The molecule has 0 aliphatic carbocycles. The third kappa shape index (κ3) is 8.33. The predicted octanol–water partition coefficient (Wildman–Crippen LogP) is 2.08. The molecule has 0 atom stereocenters. The fraction of sp³-hybridized carbons (Fsp3) is 1.00. The first kappa shape index (κ1) is 13.0. The summed E-state index contributed by atoms with van der Waals surface area (Å²) in [6, 6.07) is 0. The molecule has 0 spiro atoms. The van der Waals surface area contributed by atoms with Crippen molar-refractivity contribution in [2.45, 2.75) is 13.3 Å². The minimum absolute atomic E-state index is 0.253. The van der Waals surface area contributed by atoms with Crippen LogP contribution in [0.25, 0.3) is 0 Å². The summed E-state index contributed by atoms with van der Waals surface area (Å²) in [5.41, 5.74) is 0. The predicted molar refractivity (Wildman–Crippen MR) is 44.8 cm³/mol. The van der Waals surface area contributed by atoms with Gasteiger partial charge in [0, 0.05) is 19.0 Å². The van der Waals surface area contributed by atoms with Crippen LogP contribution in [0.1, 0.15) is 6.92 Å². The van der Waals surface area contributed by atoms with E-state index in [-0.39, 0.29) is 13.2 Å². The lowest BCUT2D eigenvalue weighted by atomic mass is 10.5. The van der Waals surface area contributed by atoms with Crippen molar-refractivity contribution in [3.63, 3.8) is 0 Å². The summed E-state index contributed by atoms with van der Waals surface area (Å²) >= 11 is 5.44. The Morgan fingerprint density at radius 3 is 2.31 bits per heavy atom. The number of alkyl halides is 4. The fourth-order valence-corrected chi connectivity index (χ4v) is 1.08. The first-order valence-corrected chi connectivity index (χ1v) is 4.52. The number of halogens is 4. The van der Waals surface area contributed by atoms with E-state index in [1.807, 2.05) is 6.92 Å². The highest BCUT2D eigenvalue weighted by atomic mass is 35.5. The van der Waals surface area contributed by atoms with E-state index in [0.717, 1.165) is 0 Å². The zero-order valence-corrected chi connectivity index (χ0v) is 8.16. The van der Waals surface area contributed by atoms with Gasteiger partial charge in [0.25, 0.3) is 0 Å². The maximum atomic E-state index is 11.5. The number of hydrogen-bond acceptors (Lipinski definition) is 2. The molecule has 0 amide bonds. The molecular formula is C7H13ClF3NO. The van der Waals surface area contributed by atoms with Crippen LogP contribution in [0.2, 0.25) is 0 Å². The molecular weight excluding hydrogens is 207 g/mol. The van der Waals surface area contributed by atoms with Crippen molar-refractivity contribution in [2.75, 3.05) is 32.1 Å². The highest BCUT2D eigenvalue weighted by Gasteiger charge is 2.28. The van der Waals surface area contributed by atoms with Crippen LogP contribution in [0.4, 0.5) is 13.2 Å². The van der Waals surface area contributed by atoms with Crippen molar-refractivity contribution in [2.24, 2.45) is 0 Å². The van der Waals surface area contributed by atoms with Gasteiger partial charge in [-0.15, -0.1) is 24.8 Å². The van der Waals surface area contributed by atoms with Crippen LogP contribution >= 0.6 is 11.6 Å². The van der Waals surface area contributed by atoms with Gasteiger partial charge in [-0.2, -0.15) is 0 Å². The Balaban J connectivity index is 3.49. The number of likely N-dealkylation sites (N-methyl/N-ethyl adjacent to an activating group) is 1. The molecule has 0 unspecified atom stereocenters. The Bertz CT molecular complexity index is 131. The highest BCUT2D eigenvalue weighted by Crippen LogP contribution is 2.15. The van der Waals surface area contributed by atoms with Crippen molar-refractivity contribution >= 4 is 11.6 Å². The van der Waals surface area contributed by atoms with E-state index in [1.54, 1.807) is 4.90 Å². The lowest BCUT2D eigenvalue weighted by molar-refractivity contribution is -0.325. The van der Waals surface area contributed by atoms with Crippen LogP contribution in [-0.2, 0) is 4.74 Å². The van der Waals surface area contributed by atoms with Gasteiger partial charge in [0.05, 0.1) is 6.61 Å². The highest BCUT2D eigenvalue weighted by molar-refractivity contribution is 6.18. The maximum absolute atomic E-state index is 11.5. The molecule has 0 saturated heterocycles. The number of nitrogens with zero attached hydrogens (tertiary/aromatic N) is 1. The van der Waals surface area contributed by atoms with E-state index in [2.05, 4.69) is 4.74 Å². The first-order valence-electron chi connectivity index (χ1n) is 3.98. The second-order valence-corrected chi connectivity index (χ2v) is 2.80. The molecule has 0 aromatic heterocycles. The summed E-state index contributed by atoms with van der Waals surface area (Å²) in [7, 11) is 0. The lowest BCUT2D eigenvalue weighted by Crippen LogP contribution is -2.31. The smallest absolute Gasteiger partial charge is 0.300 e. The topological polar surface area (TPSA) is 12.5 Å². The molecule has 0 radical (unpaired) electrons. The minimum Gasteiger partial charge on any atom is -0.300 e. The molecule has 0 rings (SSSR count). The van der Waals surface area contributed by atoms with E-state index in [0.29, 0.717) is 19.0 Å².